The van der Waals surface area contributed by atoms with Gasteiger partial charge in [-0.25, -0.2) is 0 Å². The lowest BCUT2D eigenvalue weighted by molar-refractivity contribution is -0.146. The van der Waals surface area contributed by atoms with Crippen molar-refractivity contribution in [3.05, 3.63) is 11.6 Å². The number of fused-ring (bicyclic) bond motifs is 2. The fraction of sp³-hybridized carbons (Fsp3) is 0.867. The Bertz CT molecular complexity index is 787. The van der Waals surface area contributed by atoms with E-state index in [-0.39, 0.29) is 39.4 Å². The third-order valence-corrected chi connectivity index (χ3v) is 9.31. The molecule has 0 amide bonds. The molecular formula is C30H50O2. The van der Waals surface area contributed by atoms with E-state index in [0.29, 0.717) is 35.2 Å². The average Bonchev–Trinajstić information content (AvgIpc) is 2.61. The molecule has 7 atom stereocenters. The molecular weight excluding hydrogens is 392 g/mol. The van der Waals surface area contributed by atoms with Crippen molar-refractivity contribution in [2.24, 2.45) is 63.1 Å². The molecule has 0 bridgehead atoms. The number of hydrogen-bond acceptors (Lipinski definition) is 2. The van der Waals surface area contributed by atoms with Crippen molar-refractivity contribution in [2.75, 3.05) is 0 Å². The molecule has 2 heteroatoms. The lowest BCUT2D eigenvalue weighted by atomic mass is 9.48. The molecule has 182 valence electrons. The molecule has 3 aliphatic carbocycles. The predicted octanol–water partition coefficient (Wildman–Crippen LogP) is 7.76. The highest BCUT2D eigenvalue weighted by atomic mass is 16.1. The maximum Gasteiger partial charge on any atom is 0.163 e. The lowest BCUT2D eigenvalue weighted by Crippen LogP contribution is -2.54. The highest BCUT2D eigenvalue weighted by Gasteiger charge is 2.57. The highest BCUT2D eigenvalue weighted by molar-refractivity contribution is 6.10. The molecule has 2 fully saturated rings. The Hall–Kier alpha value is -0.920. The zero-order chi connectivity index (χ0) is 24.6. The van der Waals surface area contributed by atoms with Gasteiger partial charge in [0.2, 0.25) is 0 Å². The largest absolute Gasteiger partial charge is 0.299 e. The van der Waals surface area contributed by atoms with E-state index in [1.807, 2.05) is 0 Å². The van der Waals surface area contributed by atoms with Gasteiger partial charge in [0.05, 0.1) is 0 Å². The van der Waals surface area contributed by atoms with Crippen molar-refractivity contribution < 1.29 is 9.59 Å². The molecule has 0 saturated heterocycles. The summed E-state index contributed by atoms with van der Waals surface area (Å²) in [5.74, 6) is 1.97. The van der Waals surface area contributed by atoms with Crippen molar-refractivity contribution in [2.45, 2.75) is 102 Å². The summed E-state index contributed by atoms with van der Waals surface area (Å²) in [5, 5.41) is 0. The van der Waals surface area contributed by atoms with Gasteiger partial charge in [0.1, 0.15) is 5.78 Å². The average molecular weight is 443 g/mol. The summed E-state index contributed by atoms with van der Waals surface area (Å²) in [4.78, 5) is 28.0. The van der Waals surface area contributed by atoms with Crippen molar-refractivity contribution >= 4 is 11.6 Å². The number of hydrogen-bond donors (Lipinski definition) is 0. The molecule has 3 aliphatic rings. The number of allylic oxidation sites excluding steroid dienone is 2. The SMILES string of the molecule is CC(C)(C)C1C=C2C(=O)C3CC(C(C)(C)C)C(C(C)(C)C)CC3C(=O)C2CC1C(C)(C)C. The van der Waals surface area contributed by atoms with Gasteiger partial charge in [0.25, 0.3) is 0 Å². The zero-order valence-corrected chi connectivity index (χ0v) is 23.1. The van der Waals surface area contributed by atoms with E-state index in [1.54, 1.807) is 0 Å². The lowest BCUT2D eigenvalue weighted by Gasteiger charge is -2.54. The predicted molar refractivity (Wildman–Crippen MR) is 134 cm³/mol. The van der Waals surface area contributed by atoms with E-state index in [0.717, 1.165) is 24.8 Å². The fourth-order valence-corrected chi connectivity index (χ4v) is 7.42. The van der Waals surface area contributed by atoms with E-state index < -0.39 is 0 Å². The normalized spacial score (nSPS) is 37.0. The Morgan fingerprint density at radius 2 is 1.03 bits per heavy atom. The minimum atomic E-state index is -0.182. The molecule has 0 spiro atoms. The molecule has 7 unspecified atom stereocenters. The molecule has 32 heavy (non-hydrogen) atoms. The smallest absolute Gasteiger partial charge is 0.163 e. The van der Waals surface area contributed by atoms with Gasteiger partial charge in [0.15, 0.2) is 5.78 Å². The number of carbonyl (C=O) groups is 2. The van der Waals surface area contributed by atoms with E-state index in [2.05, 4.69) is 89.2 Å². The Labute approximate surface area is 198 Å². The van der Waals surface area contributed by atoms with Crippen LogP contribution < -0.4 is 0 Å². The second kappa shape index (κ2) is 7.81. The van der Waals surface area contributed by atoms with E-state index in [9.17, 15) is 9.59 Å². The summed E-state index contributed by atoms with van der Waals surface area (Å²) in [6.45, 7) is 27.7. The van der Waals surface area contributed by atoms with E-state index in [4.69, 9.17) is 0 Å². The van der Waals surface area contributed by atoms with Gasteiger partial charge in [-0.3, -0.25) is 9.59 Å². The first-order valence-corrected chi connectivity index (χ1v) is 13.0. The summed E-state index contributed by atoms with van der Waals surface area (Å²) in [6.07, 6.45) is 4.86. The second-order valence-electron chi connectivity index (χ2n) is 15.7. The van der Waals surface area contributed by atoms with Crippen LogP contribution in [0.25, 0.3) is 0 Å². The van der Waals surface area contributed by atoms with Crippen LogP contribution in [-0.4, -0.2) is 11.6 Å². The third-order valence-electron chi connectivity index (χ3n) is 9.31. The molecule has 0 aromatic carbocycles. The maximum absolute atomic E-state index is 14.0. The summed E-state index contributed by atoms with van der Waals surface area (Å²) >= 11 is 0. The van der Waals surface area contributed by atoms with Gasteiger partial charge in [0, 0.05) is 23.3 Å². The van der Waals surface area contributed by atoms with Gasteiger partial charge in [-0.15, -0.1) is 0 Å². The van der Waals surface area contributed by atoms with Crippen LogP contribution in [-0.2, 0) is 9.59 Å². The van der Waals surface area contributed by atoms with Crippen LogP contribution in [0.3, 0.4) is 0 Å². The Balaban J connectivity index is 2.06. The van der Waals surface area contributed by atoms with Crippen molar-refractivity contribution in [3.8, 4) is 0 Å². The van der Waals surface area contributed by atoms with Gasteiger partial charge in [-0.1, -0.05) is 89.2 Å². The summed E-state index contributed by atoms with van der Waals surface area (Å²) in [5.41, 5.74) is 1.33. The monoisotopic (exact) mass is 442 g/mol. The summed E-state index contributed by atoms with van der Waals surface area (Å²) in [7, 11) is 0. The van der Waals surface area contributed by atoms with Crippen molar-refractivity contribution in [1.82, 2.24) is 0 Å². The number of carbonyl (C=O) groups excluding carboxylic acids is 2. The number of ketones is 2. The standard InChI is InChI=1S/C30H50O2/c1-27(2,3)21-13-17-18(14-22(21)28(4,5)6)26(32)20-16-24(30(10,11)12)23(29(7,8)9)15-19(20)25(17)31/h13,18-24H,14-16H2,1-12H3. The van der Waals surface area contributed by atoms with Crippen LogP contribution in [0.15, 0.2) is 11.6 Å². The maximum atomic E-state index is 14.0. The number of rotatable bonds is 0. The molecule has 0 heterocycles. The van der Waals surface area contributed by atoms with Crippen LogP contribution in [0.4, 0.5) is 0 Å². The van der Waals surface area contributed by atoms with Crippen LogP contribution in [0.2, 0.25) is 0 Å². The van der Waals surface area contributed by atoms with E-state index in [1.165, 1.54) is 0 Å². The quantitative estimate of drug-likeness (QED) is 0.384. The minimum Gasteiger partial charge on any atom is -0.299 e. The zero-order valence-electron chi connectivity index (χ0n) is 23.1. The molecule has 3 rings (SSSR count). The van der Waals surface area contributed by atoms with Gasteiger partial charge in [-0.2, -0.15) is 0 Å². The van der Waals surface area contributed by atoms with Crippen LogP contribution in [0.1, 0.15) is 102 Å². The molecule has 2 saturated carbocycles. The Morgan fingerprint density at radius 3 is 1.44 bits per heavy atom. The van der Waals surface area contributed by atoms with Gasteiger partial charge in [-0.05, 0) is 64.6 Å². The topological polar surface area (TPSA) is 34.1 Å². The fourth-order valence-electron chi connectivity index (χ4n) is 7.42. The first-order valence-electron chi connectivity index (χ1n) is 13.0. The van der Waals surface area contributed by atoms with Gasteiger partial charge >= 0.3 is 0 Å². The first kappa shape index (κ1) is 25.7. The summed E-state index contributed by atoms with van der Waals surface area (Å²) in [6, 6.07) is 0. The first-order chi connectivity index (χ1) is 14.2. The molecule has 0 aliphatic heterocycles. The van der Waals surface area contributed by atoms with Gasteiger partial charge < -0.3 is 0 Å². The molecule has 2 nitrogen and oxygen atoms in total. The molecule has 0 radical (unpaired) electrons. The van der Waals surface area contributed by atoms with Crippen molar-refractivity contribution in [1.29, 1.82) is 0 Å². The molecule has 0 aromatic heterocycles. The van der Waals surface area contributed by atoms with Crippen LogP contribution in [0.5, 0.6) is 0 Å². The van der Waals surface area contributed by atoms with Crippen molar-refractivity contribution in [3.63, 3.8) is 0 Å². The summed E-state index contributed by atoms with van der Waals surface area (Å²) < 4.78 is 0. The third kappa shape index (κ3) is 4.54. The van der Waals surface area contributed by atoms with Crippen LogP contribution >= 0.6 is 0 Å². The number of Topliss-reactive ketones (excluding diaryl/α,β-unsaturated/α-hetero) is 2. The highest BCUT2D eigenvalue weighted by Crippen LogP contribution is 2.58. The minimum absolute atomic E-state index is 0.0773. The van der Waals surface area contributed by atoms with E-state index >= 15 is 0 Å². The van der Waals surface area contributed by atoms with Crippen LogP contribution in [0, 0.1) is 63.1 Å². The molecule has 0 N–H and O–H groups in total. The Morgan fingerprint density at radius 1 is 0.594 bits per heavy atom. The Kier molecular flexibility index (Phi) is 6.27. The second-order valence-corrected chi connectivity index (χ2v) is 15.7. The molecule has 0 aromatic rings.